The van der Waals surface area contributed by atoms with Gasteiger partial charge in [-0.1, -0.05) is 60.7 Å². The van der Waals surface area contributed by atoms with Crippen molar-refractivity contribution < 1.29 is 18.7 Å². The number of hydrogen-bond donors (Lipinski definition) is 1. The van der Waals surface area contributed by atoms with Crippen LogP contribution >= 0.6 is 0 Å². The third-order valence-electron chi connectivity index (χ3n) is 5.68. The molecule has 1 fully saturated rings. The summed E-state index contributed by atoms with van der Waals surface area (Å²) in [7, 11) is 0. The lowest BCUT2D eigenvalue weighted by Gasteiger charge is -2.35. The maximum Gasteiger partial charge on any atom is 0.410 e. The van der Waals surface area contributed by atoms with Crippen LogP contribution in [-0.4, -0.2) is 80.1 Å². The van der Waals surface area contributed by atoms with Crippen LogP contribution in [0.15, 0.2) is 60.7 Å². The Balaban J connectivity index is 1.35. The quantitative estimate of drug-likeness (QED) is 0.525. The van der Waals surface area contributed by atoms with E-state index in [0.717, 1.165) is 30.8 Å². The number of rotatable bonds is 10. The number of ether oxygens (including phenoxy) is 2. The van der Waals surface area contributed by atoms with E-state index in [0.29, 0.717) is 19.7 Å². The summed E-state index contributed by atoms with van der Waals surface area (Å²) in [6, 6.07) is 20.1. The van der Waals surface area contributed by atoms with Gasteiger partial charge in [-0.3, -0.25) is 4.90 Å². The highest BCUT2D eigenvalue weighted by atomic mass is 19.1. The summed E-state index contributed by atoms with van der Waals surface area (Å²) in [5.74, 6) is 0. The van der Waals surface area contributed by atoms with Gasteiger partial charge in [0.15, 0.2) is 0 Å². The van der Waals surface area contributed by atoms with E-state index in [1.165, 1.54) is 0 Å². The summed E-state index contributed by atoms with van der Waals surface area (Å²) in [6.45, 7) is 9.85. The van der Waals surface area contributed by atoms with Crippen molar-refractivity contribution in [2.75, 3.05) is 52.5 Å². The van der Waals surface area contributed by atoms with Crippen LogP contribution < -0.4 is 5.32 Å². The SMILES string of the molecule is CC(C)(C)OC(=O)N1CCN(CCOCC(F)CNC(c2ccccc2)c2ccccc2)CC1. The van der Waals surface area contributed by atoms with Gasteiger partial charge in [-0.05, 0) is 31.9 Å². The fraction of sp³-hybridized carbons (Fsp3) is 0.519. The van der Waals surface area contributed by atoms with Gasteiger partial charge in [-0.25, -0.2) is 9.18 Å². The predicted molar refractivity (Wildman–Crippen MR) is 133 cm³/mol. The molecule has 0 saturated carbocycles. The number of amides is 1. The Kier molecular flexibility index (Phi) is 9.86. The molecular weight excluding hydrogens is 433 g/mol. The first kappa shape index (κ1) is 26.1. The lowest BCUT2D eigenvalue weighted by atomic mass is 9.98. The van der Waals surface area contributed by atoms with Crippen molar-refractivity contribution >= 4 is 6.09 Å². The Labute approximate surface area is 203 Å². The minimum absolute atomic E-state index is 0.0567. The molecule has 6 nitrogen and oxygen atoms in total. The van der Waals surface area contributed by atoms with Crippen LogP contribution in [0.3, 0.4) is 0 Å². The second kappa shape index (κ2) is 12.8. The topological polar surface area (TPSA) is 54.0 Å². The predicted octanol–water partition coefficient (Wildman–Crippen LogP) is 4.27. The molecule has 0 aliphatic carbocycles. The number of piperazine rings is 1. The molecule has 1 aliphatic rings. The highest BCUT2D eigenvalue weighted by Gasteiger charge is 2.25. The Hall–Kier alpha value is -2.48. The third-order valence-corrected chi connectivity index (χ3v) is 5.68. The minimum Gasteiger partial charge on any atom is -0.444 e. The number of nitrogens with one attached hydrogen (secondary N) is 1. The van der Waals surface area contributed by atoms with E-state index in [2.05, 4.69) is 34.5 Å². The first-order chi connectivity index (χ1) is 16.3. The van der Waals surface area contributed by atoms with E-state index in [1.54, 1.807) is 4.90 Å². The van der Waals surface area contributed by atoms with Crippen molar-refractivity contribution in [2.24, 2.45) is 0 Å². The van der Waals surface area contributed by atoms with Crippen LogP contribution in [0.2, 0.25) is 0 Å². The summed E-state index contributed by atoms with van der Waals surface area (Å²) in [4.78, 5) is 16.1. The molecule has 1 atom stereocenters. The number of nitrogens with zero attached hydrogens (tertiary/aromatic N) is 2. The van der Waals surface area contributed by atoms with Crippen LogP contribution in [0.5, 0.6) is 0 Å². The van der Waals surface area contributed by atoms with Gasteiger partial charge >= 0.3 is 6.09 Å². The summed E-state index contributed by atoms with van der Waals surface area (Å²) in [5, 5.41) is 3.36. The number of benzene rings is 2. The number of halogens is 1. The molecule has 7 heteroatoms. The summed E-state index contributed by atoms with van der Waals surface area (Å²) in [6.07, 6.45) is -1.36. The number of alkyl halides is 1. The zero-order valence-corrected chi connectivity index (χ0v) is 20.6. The Morgan fingerprint density at radius 1 is 0.971 bits per heavy atom. The fourth-order valence-corrected chi connectivity index (χ4v) is 3.91. The number of carbonyl (C=O) groups is 1. The van der Waals surface area contributed by atoms with Crippen LogP contribution in [-0.2, 0) is 9.47 Å². The fourth-order valence-electron chi connectivity index (χ4n) is 3.91. The van der Waals surface area contributed by atoms with Gasteiger partial charge in [0.1, 0.15) is 11.8 Å². The molecule has 34 heavy (non-hydrogen) atoms. The first-order valence-corrected chi connectivity index (χ1v) is 12.1. The minimum atomic E-state index is -1.10. The van der Waals surface area contributed by atoms with Crippen molar-refractivity contribution in [3.63, 3.8) is 0 Å². The molecule has 0 aromatic heterocycles. The molecule has 0 spiro atoms. The Bertz CT molecular complexity index is 813. The average Bonchev–Trinajstić information content (AvgIpc) is 2.83. The molecule has 1 unspecified atom stereocenters. The van der Waals surface area contributed by atoms with E-state index in [1.807, 2.05) is 57.2 Å². The summed E-state index contributed by atoms with van der Waals surface area (Å²) < 4.78 is 25.6. The standard InChI is InChI=1S/C27H38FN3O3/c1-27(2,3)34-26(32)31-16-14-30(15-17-31)18-19-33-21-24(28)20-29-25(22-10-6-4-7-11-22)23-12-8-5-9-13-23/h4-13,24-25,29H,14-21H2,1-3H3. The van der Waals surface area contributed by atoms with E-state index in [9.17, 15) is 9.18 Å². The largest absolute Gasteiger partial charge is 0.444 e. The average molecular weight is 472 g/mol. The second-order valence-electron chi connectivity index (χ2n) is 9.64. The van der Waals surface area contributed by atoms with Gasteiger partial charge in [-0.2, -0.15) is 0 Å². The van der Waals surface area contributed by atoms with Gasteiger partial charge < -0.3 is 19.7 Å². The molecule has 186 valence electrons. The van der Waals surface area contributed by atoms with Gasteiger partial charge in [-0.15, -0.1) is 0 Å². The van der Waals surface area contributed by atoms with Gasteiger partial charge in [0.2, 0.25) is 0 Å². The van der Waals surface area contributed by atoms with E-state index >= 15 is 0 Å². The lowest BCUT2D eigenvalue weighted by Crippen LogP contribution is -2.50. The van der Waals surface area contributed by atoms with Crippen molar-refractivity contribution in [3.8, 4) is 0 Å². The smallest absolute Gasteiger partial charge is 0.410 e. The zero-order valence-electron chi connectivity index (χ0n) is 20.6. The van der Waals surface area contributed by atoms with Crippen molar-refractivity contribution in [1.29, 1.82) is 0 Å². The van der Waals surface area contributed by atoms with Gasteiger partial charge in [0.25, 0.3) is 0 Å². The number of hydrogen-bond acceptors (Lipinski definition) is 5. The number of carbonyl (C=O) groups excluding carboxylic acids is 1. The first-order valence-electron chi connectivity index (χ1n) is 12.1. The van der Waals surface area contributed by atoms with Gasteiger partial charge in [0, 0.05) is 39.3 Å². The molecular formula is C27H38FN3O3. The molecule has 1 heterocycles. The maximum atomic E-state index is 14.6. The summed E-state index contributed by atoms with van der Waals surface area (Å²) >= 11 is 0. The monoisotopic (exact) mass is 471 g/mol. The molecule has 1 N–H and O–H groups in total. The van der Waals surface area contributed by atoms with E-state index < -0.39 is 11.8 Å². The van der Waals surface area contributed by atoms with Crippen LogP contribution in [0, 0.1) is 0 Å². The lowest BCUT2D eigenvalue weighted by molar-refractivity contribution is 0.00975. The van der Waals surface area contributed by atoms with Crippen molar-refractivity contribution in [3.05, 3.63) is 71.8 Å². The van der Waals surface area contributed by atoms with Crippen LogP contribution in [0.1, 0.15) is 37.9 Å². The maximum absolute atomic E-state index is 14.6. The molecule has 2 aromatic carbocycles. The Morgan fingerprint density at radius 3 is 2.06 bits per heavy atom. The highest BCUT2D eigenvalue weighted by molar-refractivity contribution is 5.68. The second-order valence-corrected chi connectivity index (χ2v) is 9.64. The molecule has 1 aliphatic heterocycles. The molecule has 2 aromatic rings. The van der Waals surface area contributed by atoms with Crippen molar-refractivity contribution in [2.45, 2.75) is 38.6 Å². The van der Waals surface area contributed by atoms with E-state index in [-0.39, 0.29) is 25.3 Å². The van der Waals surface area contributed by atoms with Crippen LogP contribution in [0.4, 0.5) is 9.18 Å². The third kappa shape index (κ3) is 8.70. The normalized spacial score (nSPS) is 16.0. The van der Waals surface area contributed by atoms with Crippen LogP contribution in [0.25, 0.3) is 0 Å². The van der Waals surface area contributed by atoms with E-state index in [4.69, 9.17) is 9.47 Å². The zero-order chi connectivity index (χ0) is 24.4. The molecule has 0 bridgehead atoms. The van der Waals surface area contributed by atoms with Crippen molar-refractivity contribution in [1.82, 2.24) is 15.1 Å². The van der Waals surface area contributed by atoms with Gasteiger partial charge in [0.05, 0.1) is 19.3 Å². The Morgan fingerprint density at radius 2 is 1.53 bits per heavy atom. The molecule has 1 saturated heterocycles. The molecule has 1 amide bonds. The molecule has 0 radical (unpaired) electrons. The summed E-state index contributed by atoms with van der Waals surface area (Å²) in [5.41, 5.74) is 1.72. The molecule has 3 rings (SSSR count). The highest BCUT2D eigenvalue weighted by Crippen LogP contribution is 2.21.